The molecule has 6 N–H and O–H groups in total. The predicted octanol–water partition coefficient (Wildman–Crippen LogP) is 9.95. The maximum atomic E-state index is 11.9. The minimum Gasteiger partial charge on any atom is -0.780 e. The van der Waals surface area contributed by atoms with Crippen molar-refractivity contribution in [3.05, 3.63) is 115 Å². The maximum Gasteiger partial charge on any atom is 4.00 e. The van der Waals surface area contributed by atoms with Gasteiger partial charge in [0, 0.05) is 22.3 Å². The molecular weight excluding hydrogens is 1030 g/mol. The summed E-state index contributed by atoms with van der Waals surface area (Å²) in [4.78, 5) is 47.4. The Morgan fingerprint density at radius 3 is 0.667 bits per heavy atom. The van der Waals surface area contributed by atoms with E-state index in [-0.39, 0.29) is 55.5 Å². The quantitative estimate of drug-likeness (QED) is 0.0545. The number of hydrogen-bond acceptors (Lipinski definition) is 14. The normalized spacial score (nSPS) is 14.0. The van der Waals surface area contributed by atoms with E-state index in [1.807, 2.05) is 137 Å². The van der Waals surface area contributed by atoms with Gasteiger partial charge in [-0.25, -0.2) is 0 Å². The molecule has 4 aromatic carbocycles. The maximum absolute atomic E-state index is 11.9. The van der Waals surface area contributed by atoms with Gasteiger partial charge in [0.15, 0.2) is 0 Å². The van der Waals surface area contributed by atoms with Crippen molar-refractivity contribution in [1.82, 2.24) is 0 Å². The number of aliphatic hydroxyl groups is 4. The Balaban J connectivity index is 0.000000507. The van der Waals surface area contributed by atoms with Crippen LogP contribution in [0.5, 0.6) is 23.0 Å². The summed E-state index contributed by atoms with van der Waals surface area (Å²) in [6.45, 7) is 45.5. The molecule has 0 atom stereocenters. The molecule has 0 aromatic heterocycles. The number of aromatic hydroxyl groups is 2. The van der Waals surface area contributed by atoms with Crippen molar-refractivity contribution >= 4 is 15.6 Å². The molecule has 0 fully saturated rings. The summed E-state index contributed by atoms with van der Waals surface area (Å²) >= 11 is 0. The summed E-state index contributed by atoms with van der Waals surface area (Å²) < 4.78 is 33.6. The Bertz CT molecular complexity index is 2620. The zero-order chi connectivity index (χ0) is 58.3. The van der Waals surface area contributed by atoms with Gasteiger partial charge in [-0.15, -0.1) is 0 Å². The summed E-state index contributed by atoms with van der Waals surface area (Å²) in [5.74, 6) is -7.37. The predicted molar refractivity (Wildman–Crippen MR) is 286 cm³/mol. The standard InChI is InChI=1S/2C29H45O7P.Ti/c2*1-25(2,3)17-13-19(27(7,8)9)23(30)20(14-17)29(31,32)22-16-18(26(4,5)6)15-21(28(10,11)12)24(22)36-37(33,34)35;/h2*13-16,30-32H,1-12H3,(H2,33,34,35);/q;;+4/p-4. The van der Waals surface area contributed by atoms with E-state index >= 15 is 0 Å². The van der Waals surface area contributed by atoms with E-state index in [2.05, 4.69) is 0 Å². The van der Waals surface area contributed by atoms with E-state index in [9.17, 15) is 59.3 Å². The van der Waals surface area contributed by atoms with Gasteiger partial charge < -0.3 is 68.4 Å². The Morgan fingerprint density at radius 2 is 0.493 bits per heavy atom. The van der Waals surface area contributed by atoms with Crippen molar-refractivity contribution in [2.75, 3.05) is 0 Å². The van der Waals surface area contributed by atoms with Crippen LogP contribution >= 0.6 is 15.6 Å². The van der Waals surface area contributed by atoms with Gasteiger partial charge in [-0.2, -0.15) is 0 Å². The van der Waals surface area contributed by atoms with Gasteiger partial charge in [-0.1, -0.05) is 190 Å². The van der Waals surface area contributed by atoms with Crippen LogP contribution in [0.1, 0.15) is 233 Å². The SMILES string of the molecule is CC(C)(C)c1cc(C(C)(C)C)c(O)c(C(O)(O)c2cc(C(C)(C)C)cc(C(C)(C)C)c2OP(=O)([O-])[O-])c1.CC(C)(C)c1cc(C(C)(C)C)c(O)c(C(O)(O)c2cc(C(C)(C)C)cc(C(C)(C)C)c2OP(=O)([O-])[O-])c1.[Ti+4]. The molecular formula is C58H86O14P2Ti. The topological polar surface area (TPSA) is 266 Å². The molecule has 0 aliphatic carbocycles. The van der Waals surface area contributed by atoms with Gasteiger partial charge >= 0.3 is 21.7 Å². The molecule has 0 heterocycles. The van der Waals surface area contributed by atoms with E-state index in [4.69, 9.17) is 9.05 Å². The van der Waals surface area contributed by atoms with Gasteiger partial charge in [-0.05, 0) is 89.8 Å². The molecule has 75 heavy (non-hydrogen) atoms. The minimum atomic E-state index is -5.60. The van der Waals surface area contributed by atoms with Crippen LogP contribution in [0.15, 0.2) is 48.5 Å². The van der Waals surface area contributed by atoms with Crippen LogP contribution in [-0.4, -0.2) is 30.6 Å². The molecule has 0 spiro atoms. The van der Waals surface area contributed by atoms with Crippen LogP contribution in [0.2, 0.25) is 0 Å². The van der Waals surface area contributed by atoms with Crippen molar-refractivity contribution in [2.24, 2.45) is 0 Å². The molecule has 4 rings (SSSR count). The smallest absolute Gasteiger partial charge is 0.780 e. The van der Waals surface area contributed by atoms with Gasteiger partial charge in [0.1, 0.15) is 38.6 Å². The fraction of sp³-hybridized carbons (Fsp3) is 0.586. The largest absolute Gasteiger partial charge is 4.00 e. The third kappa shape index (κ3) is 16.5. The monoisotopic (exact) mass is 1120 g/mol. The van der Waals surface area contributed by atoms with Crippen LogP contribution in [-0.2, 0) is 85.7 Å². The van der Waals surface area contributed by atoms with E-state index in [1.165, 1.54) is 24.3 Å². The number of rotatable bonds is 8. The van der Waals surface area contributed by atoms with Crippen LogP contribution in [0.25, 0.3) is 0 Å². The molecule has 0 bridgehead atoms. The molecule has 0 amide bonds. The summed E-state index contributed by atoms with van der Waals surface area (Å²) in [6.07, 6.45) is 0. The second-order valence-corrected chi connectivity index (χ2v) is 30.2. The molecule has 0 radical (unpaired) electrons. The van der Waals surface area contributed by atoms with Crippen LogP contribution in [0.3, 0.4) is 0 Å². The van der Waals surface area contributed by atoms with Crippen LogP contribution in [0, 0.1) is 0 Å². The van der Waals surface area contributed by atoms with Gasteiger partial charge in [0.2, 0.25) is 11.6 Å². The van der Waals surface area contributed by atoms with Crippen molar-refractivity contribution < 1.29 is 90.1 Å². The van der Waals surface area contributed by atoms with Crippen LogP contribution < -0.4 is 28.6 Å². The van der Waals surface area contributed by atoms with Crippen molar-refractivity contribution in [3.63, 3.8) is 0 Å². The number of benzene rings is 4. The number of phosphoric acid groups is 2. The first kappa shape index (κ1) is 68.0. The first-order valence-corrected chi connectivity index (χ1v) is 27.8. The average Bonchev–Trinajstić information content (AvgIpc) is 3.13. The fourth-order valence-electron chi connectivity index (χ4n) is 8.28. The Morgan fingerprint density at radius 1 is 0.320 bits per heavy atom. The molecule has 0 aliphatic rings. The first-order valence-electron chi connectivity index (χ1n) is 24.8. The van der Waals surface area contributed by atoms with Crippen molar-refractivity contribution in [2.45, 2.75) is 221 Å². The van der Waals surface area contributed by atoms with E-state index < -0.39 is 82.0 Å². The fourth-order valence-corrected chi connectivity index (χ4v) is 9.12. The van der Waals surface area contributed by atoms with Gasteiger partial charge in [0.05, 0.1) is 22.3 Å². The van der Waals surface area contributed by atoms with Crippen molar-refractivity contribution in [3.8, 4) is 23.0 Å². The number of phosphoric ester groups is 2. The molecule has 4 aromatic rings. The summed E-state index contributed by atoms with van der Waals surface area (Å²) in [5.41, 5.74) is -1.07. The Kier molecular flexibility index (Phi) is 19.5. The van der Waals surface area contributed by atoms with Gasteiger partial charge in [-0.3, -0.25) is 0 Å². The molecule has 0 unspecified atom stereocenters. The van der Waals surface area contributed by atoms with Crippen molar-refractivity contribution in [1.29, 1.82) is 0 Å². The zero-order valence-electron chi connectivity index (χ0n) is 49.0. The van der Waals surface area contributed by atoms with Crippen LogP contribution in [0.4, 0.5) is 0 Å². The third-order valence-corrected chi connectivity index (χ3v) is 13.8. The van der Waals surface area contributed by atoms with Gasteiger partial charge in [0.25, 0.3) is 0 Å². The summed E-state index contributed by atoms with van der Waals surface area (Å²) in [7, 11) is -11.2. The molecule has 14 nitrogen and oxygen atoms in total. The van der Waals surface area contributed by atoms with E-state index in [0.29, 0.717) is 33.4 Å². The summed E-state index contributed by atoms with van der Waals surface area (Å²) in [5, 5.41) is 69.9. The molecule has 17 heteroatoms. The first-order chi connectivity index (χ1) is 32.3. The second kappa shape index (κ2) is 21.5. The molecule has 0 aliphatic heterocycles. The summed E-state index contributed by atoms with van der Waals surface area (Å²) in [6, 6.07) is 13.0. The molecule has 416 valence electrons. The molecule has 0 saturated heterocycles. The van der Waals surface area contributed by atoms with E-state index in [0.717, 1.165) is 11.1 Å². The number of phenols is 2. The second-order valence-electron chi connectivity index (χ2n) is 28.1. The Hall–Kier alpha value is -3.07. The Labute approximate surface area is 462 Å². The molecule has 0 saturated carbocycles. The zero-order valence-corrected chi connectivity index (χ0v) is 52.3. The third-order valence-electron chi connectivity index (χ3n) is 13.0. The average molecular weight is 1120 g/mol. The minimum absolute atomic E-state index is 0. The number of phenolic OH excluding ortho intramolecular Hbond substituents is 2. The van der Waals surface area contributed by atoms with E-state index in [1.54, 1.807) is 53.7 Å². The number of hydrogen-bond donors (Lipinski definition) is 6.